The Labute approximate surface area is 211 Å². The number of carbonyl (C=O) groups is 1. The average molecular weight is 493 g/mol. The van der Waals surface area contributed by atoms with Gasteiger partial charge in [0.05, 0.1) is 33.7 Å². The van der Waals surface area contributed by atoms with E-state index in [-0.39, 0.29) is 5.91 Å². The predicted molar refractivity (Wildman–Crippen MR) is 146 cm³/mol. The normalized spacial score (nSPS) is 11.5. The van der Waals surface area contributed by atoms with Gasteiger partial charge in [0.2, 0.25) is 5.91 Å². The van der Waals surface area contributed by atoms with E-state index < -0.39 is 0 Å². The van der Waals surface area contributed by atoms with Crippen molar-refractivity contribution in [2.45, 2.75) is 20.3 Å². The fourth-order valence-corrected chi connectivity index (χ4v) is 5.17. The van der Waals surface area contributed by atoms with Crippen LogP contribution in [-0.2, 0) is 4.79 Å². The largest absolute Gasteiger partial charge is 0.353 e. The van der Waals surface area contributed by atoms with Crippen LogP contribution >= 0.6 is 11.3 Å². The van der Waals surface area contributed by atoms with Crippen LogP contribution in [0.2, 0.25) is 0 Å². The van der Waals surface area contributed by atoms with Crippen LogP contribution in [-0.4, -0.2) is 31.1 Å². The molecule has 8 heteroatoms. The minimum absolute atomic E-state index is 0.00765. The van der Waals surface area contributed by atoms with Gasteiger partial charge in [0.25, 0.3) is 0 Å². The summed E-state index contributed by atoms with van der Waals surface area (Å²) in [6.45, 7) is 4.05. The quantitative estimate of drug-likeness (QED) is 0.236. The van der Waals surface area contributed by atoms with Crippen LogP contribution in [0, 0.1) is 5.92 Å². The first-order chi connectivity index (χ1) is 17.5. The molecule has 6 rings (SSSR count). The molecule has 0 aliphatic rings. The van der Waals surface area contributed by atoms with E-state index >= 15 is 0 Å². The Balaban J connectivity index is 1.38. The number of aromatic nitrogens is 5. The number of fused-ring (bicyclic) bond motifs is 2. The lowest BCUT2D eigenvalue weighted by Crippen LogP contribution is -2.13. The third kappa shape index (κ3) is 4.16. The highest BCUT2D eigenvalue weighted by Gasteiger charge is 2.15. The molecule has 0 spiro atoms. The SMILES string of the molecule is CC(C)CC(=O)Nc1cncc(-c2ccc3[nH]nc(-c4cc5c(-c6cccs6)nccc5[nH]4)c3c2)c1. The van der Waals surface area contributed by atoms with E-state index in [1.165, 1.54) is 0 Å². The zero-order valence-corrected chi connectivity index (χ0v) is 20.7. The van der Waals surface area contributed by atoms with Gasteiger partial charge in [-0.25, -0.2) is 0 Å². The Bertz CT molecular complexity index is 1700. The zero-order valence-electron chi connectivity index (χ0n) is 19.9. The number of thiophene rings is 1. The number of nitrogens with one attached hydrogen (secondary N) is 3. The molecule has 0 fully saturated rings. The molecule has 3 N–H and O–H groups in total. The van der Waals surface area contributed by atoms with Gasteiger partial charge in [-0.15, -0.1) is 11.3 Å². The van der Waals surface area contributed by atoms with Gasteiger partial charge >= 0.3 is 0 Å². The molecule has 6 aromatic rings. The Morgan fingerprint density at radius 2 is 1.89 bits per heavy atom. The van der Waals surface area contributed by atoms with Crippen LogP contribution in [0.4, 0.5) is 5.69 Å². The minimum atomic E-state index is -0.00765. The maximum Gasteiger partial charge on any atom is 0.224 e. The Morgan fingerprint density at radius 1 is 1.00 bits per heavy atom. The standard InChI is InChI=1S/C28H24N6OS/c1-16(2)10-26(35)31-19-11-18(14-29-15-19)17-5-6-23-20(12-17)27(34-33-23)24-13-21-22(32-24)7-8-30-28(21)25-4-3-9-36-25/h3-9,11-16,32H,10H2,1-2H3,(H,31,35)(H,33,34). The molecule has 0 aliphatic heterocycles. The molecule has 7 nitrogen and oxygen atoms in total. The molecule has 1 aromatic carbocycles. The highest BCUT2D eigenvalue weighted by molar-refractivity contribution is 7.13. The molecule has 1 amide bonds. The van der Waals surface area contributed by atoms with Crippen LogP contribution in [0.3, 0.4) is 0 Å². The van der Waals surface area contributed by atoms with Crippen molar-refractivity contribution in [3.05, 3.63) is 72.5 Å². The van der Waals surface area contributed by atoms with Crippen LogP contribution in [0.25, 0.3) is 54.9 Å². The maximum atomic E-state index is 12.2. The molecule has 178 valence electrons. The summed E-state index contributed by atoms with van der Waals surface area (Å²) in [7, 11) is 0. The summed E-state index contributed by atoms with van der Waals surface area (Å²) in [5, 5.41) is 14.9. The Morgan fingerprint density at radius 3 is 2.72 bits per heavy atom. The summed E-state index contributed by atoms with van der Waals surface area (Å²) in [5.41, 5.74) is 7.30. The van der Waals surface area contributed by atoms with Crippen LogP contribution in [0.15, 0.2) is 72.5 Å². The van der Waals surface area contributed by atoms with Crippen LogP contribution in [0.1, 0.15) is 20.3 Å². The topological polar surface area (TPSA) is 99.3 Å². The number of nitrogens with zero attached hydrogens (tertiary/aromatic N) is 3. The molecule has 0 radical (unpaired) electrons. The van der Waals surface area contributed by atoms with Crippen LogP contribution in [0.5, 0.6) is 0 Å². The molecule has 0 bridgehead atoms. The molecule has 0 saturated heterocycles. The first kappa shape index (κ1) is 22.2. The summed E-state index contributed by atoms with van der Waals surface area (Å²) >= 11 is 1.68. The smallest absolute Gasteiger partial charge is 0.224 e. The molecule has 0 saturated carbocycles. The Hall–Kier alpha value is -4.30. The number of anilines is 1. The number of carbonyl (C=O) groups excluding carboxylic acids is 1. The lowest BCUT2D eigenvalue weighted by Gasteiger charge is -2.09. The van der Waals surface area contributed by atoms with Crippen molar-refractivity contribution in [2.24, 2.45) is 5.92 Å². The number of hydrogen-bond donors (Lipinski definition) is 3. The predicted octanol–water partition coefficient (Wildman–Crippen LogP) is 6.88. The Kier molecular flexibility index (Phi) is 5.58. The second-order valence-electron chi connectivity index (χ2n) is 9.22. The van der Waals surface area contributed by atoms with Crippen molar-refractivity contribution in [3.63, 3.8) is 0 Å². The van der Waals surface area contributed by atoms with E-state index in [2.05, 4.69) is 54.0 Å². The molecule has 36 heavy (non-hydrogen) atoms. The van der Waals surface area contributed by atoms with Gasteiger partial charge in [-0.3, -0.25) is 19.9 Å². The summed E-state index contributed by atoms with van der Waals surface area (Å²) < 4.78 is 0. The number of amides is 1. The minimum Gasteiger partial charge on any atom is -0.353 e. The maximum absolute atomic E-state index is 12.2. The average Bonchev–Trinajstić information content (AvgIpc) is 3.62. The monoisotopic (exact) mass is 492 g/mol. The highest BCUT2D eigenvalue weighted by atomic mass is 32.1. The van der Waals surface area contributed by atoms with Crippen molar-refractivity contribution in [3.8, 4) is 33.1 Å². The number of H-pyrrole nitrogens is 2. The second-order valence-corrected chi connectivity index (χ2v) is 10.2. The van der Waals surface area contributed by atoms with E-state index in [1.54, 1.807) is 23.7 Å². The highest BCUT2D eigenvalue weighted by Crippen LogP contribution is 2.35. The van der Waals surface area contributed by atoms with Crippen molar-refractivity contribution >= 4 is 44.7 Å². The zero-order chi connectivity index (χ0) is 24.6. The second kappa shape index (κ2) is 9.05. The van der Waals surface area contributed by atoms with Crippen molar-refractivity contribution < 1.29 is 4.79 Å². The van der Waals surface area contributed by atoms with Gasteiger partial charge in [-0.1, -0.05) is 26.0 Å². The lowest BCUT2D eigenvalue weighted by molar-refractivity contribution is -0.116. The number of benzene rings is 1. The molecule has 0 atom stereocenters. The van der Waals surface area contributed by atoms with Gasteiger partial charge in [-0.2, -0.15) is 5.10 Å². The fourth-order valence-electron chi connectivity index (χ4n) is 4.44. The number of rotatable bonds is 6. The molecule has 5 aromatic heterocycles. The summed E-state index contributed by atoms with van der Waals surface area (Å²) in [4.78, 5) is 25.9. The van der Waals surface area contributed by atoms with Gasteiger partial charge in [0, 0.05) is 40.7 Å². The van der Waals surface area contributed by atoms with Gasteiger partial charge in [0.1, 0.15) is 5.69 Å². The van der Waals surface area contributed by atoms with E-state index in [4.69, 9.17) is 0 Å². The molecular formula is C28H24N6OS. The van der Waals surface area contributed by atoms with E-state index in [0.29, 0.717) is 18.0 Å². The molecule has 0 unspecified atom stereocenters. The van der Waals surface area contributed by atoms with Gasteiger partial charge in [-0.05, 0) is 53.3 Å². The summed E-state index contributed by atoms with van der Waals surface area (Å²) in [6, 6.07) is 16.3. The van der Waals surface area contributed by atoms with E-state index in [0.717, 1.165) is 54.9 Å². The van der Waals surface area contributed by atoms with E-state index in [1.807, 2.05) is 50.4 Å². The number of hydrogen-bond acceptors (Lipinski definition) is 5. The third-order valence-corrected chi connectivity index (χ3v) is 6.95. The lowest BCUT2D eigenvalue weighted by atomic mass is 10.0. The molecular weight excluding hydrogens is 468 g/mol. The molecule has 0 aliphatic carbocycles. The van der Waals surface area contributed by atoms with Crippen molar-refractivity contribution in [1.29, 1.82) is 0 Å². The molecule has 5 heterocycles. The number of pyridine rings is 2. The first-order valence-corrected chi connectivity index (χ1v) is 12.7. The number of aromatic amines is 2. The summed E-state index contributed by atoms with van der Waals surface area (Å²) in [6.07, 6.45) is 5.79. The third-order valence-electron chi connectivity index (χ3n) is 6.07. The first-order valence-electron chi connectivity index (χ1n) is 11.8. The van der Waals surface area contributed by atoms with Crippen molar-refractivity contribution in [1.82, 2.24) is 25.1 Å². The van der Waals surface area contributed by atoms with Gasteiger partial charge < -0.3 is 10.3 Å². The van der Waals surface area contributed by atoms with Crippen LogP contribution < -0.4 is 5.32 Å². The van der Waals surface area contributed by atoms with Gasteiger partial charge in [0.15, 0.2) is 0 Å². The summed E-state index contributed by atoms with van der Waals surface area (Å²) in [5.74, 6) is 0.289. The fraction of sp³-hybridized carbons (Fsp3) is 0.143. The van der Waals surface area contributed by atoms with E-state index in [9.17, 15) is 4.79 Å². The van der Waals surface area contributed by atoms with Crippen molar-refractivity contribution in [2.75, 3.05) is 5.32 Å².